The highest BCUT2D eigenvalue weighted by atomic mass is 32.2. The molecule has 0 radical (unpaired) electrons. The van der Waals surface area contributed by atoms with E-state index in [0.29, 0.717) is 23.4 Å². The molecule has 0 saturated heterocycles. The van der Waals surface area contributed by atoms with Crippen molar-refractivity contribution in [2.75, 3.05) is 12.0 Å². The fourth-order valence-electron chi connectivity index (χ4n) is 3.16. The number of rotatable bonds is 9. The lowest BCUT2D eigenvalue weighted by Gasteiger charge is -2.14. The van der Waals surface area contributed by atoms with Gasteiger partial charge in [-0.05, 0) is 42.7 Å². The lowest BCUT2D eigenvalue weighted by atomic mass is 10.0. The number of benzene rings is 2. The molecule has 9 nitrogen and oxygen atoms in total. The van der Waals surface area contributed by atoms with Crippen molar-refractivity contribution in [2.24, 2.45) is 0 Å². The van der Waals surface area contributed by atoms with Gasteiger partial charge in [-0.15, -0.1) is 0 Å². The number of para-hydroxylation sites is 1. The Morgan fingerprint density at radius 1 is 1.09 bits per heavy atom. The minimum atomic E-state index is -3.71. The monoisotopic (exact) mass is 457 g/mol. The summed E-state index contributed by atoms with van der Waals surface area (Å²) in [5, 5.41) is 0.488. The molecular weight excluding hydrogens is 430 g/mol. The summed E-state index contributed by atoms with van der Waals surface area (Å²) in [6.45, 7) is 6.15. The number of carbonyl (C=O) groups is 1. The molecule has 10 heteroatoms. The third-order valence-corrected chi connectivity index (χ3v) is 6.47. The number of nitrogens with one attached hydrogen (secondary N) is 3. The van der Waals surface area contributed by atoms with Crippen LogP contribution < -0.4 is 21.1 Å². The van der Waals surface area contributed by atoms with Gasteiger partial charge in [-0.2, -0.15) is 0 Å². The molecule has 170 valence electrons. The average Bonchev–Trinajstić information content (AvgIpc) is 2.77. The van der Waals surface area contributed by atoms with Crippen LogP contribution in [0.4, 0.5) is 5.95 Å². The fraction of sp³-hybridized carbons (Fsp3) is 0.318. The number of hydrogen-bond acceptors (Lipinski definition) is 6. The molecule has 0 fully saturated rings. The molecule has 0 saturated carbocycles. The van der Waals surface area contributed by atoms with Gasteiger partial charge in [0.05, 0.1) is 15.8 Å². The molecule has 3 N–H and O–H groups in total. The van der Waals surface area contributed by atoms with E-state index in [1.807, 2.05) is 13.8 Å². The minimum Gasteiger partial charge on any atom is -0.277 e. The Morgan fingerprint density at radius 2 is 1.78 bits per heavy atom. The van der Waals surface area contributed by atoms with Crippen LogP contribution in [0.25, 0.3) is 10.9 Å². The molecule has 0 unspecified atom stereocenters. The van der Waals surface area contributed by atoms with E-state index < -0.39 is 15.9 Å². The molecule has 1 heterocycles. The van der Waals surface area contributed by atoms with E-state index >= 15 is 0 Å². The highest BCUT2D eigenvalue weighted by Crippen LogP contribution is 2.17. The summed E-state index contributed by atoms with van der Waals surface area (Å²) >= 11 is 0. The van der Waals surface area contributed by atoms with E-state index in [0.717, 1.165) is 5.56 Å². The number of sulfonamides is 1. The zero-order valence-corrected chi connectivity index (χ0v) is 19.1. The van der Waals surface area contributed by atoms with E-state index in [2.05, 4.69) is 20.6 Å². The largest absolute Gasteiger partial charge is 0.277 e. The van der Waals surface area contributed by atoms with Crippen molar-refractivity contribution in [1.29, 1.82) is 0 Å². The molecule has 0 spiro atoms. The maximum Gasteiger partial charge on any atom is 0.262 e. The van der Waals surface area contributed by atoms with Gasteiger partial charge in [0.1, 0.15) is 0 Å². The van der Waals surface area contributed by atoms with Gasteiger partial charge in [-0.1, -0.05) is 38.1 Å². The quantitative estimate of drug-likeness (QED) is 0.424. The number of fused-ring (bicyclic) bond motifs is 1. The highest BCUT2D eigenvalue weighted by molar-refractivity contribution is 7.89. The molecule has 2 aromatic carbocycles. The first kappa shape index (κ1) is 23.4. The Balaban J connectivity index is 1.58. The number of hydrazine groups is 1. The summed E-state index contributed by atoms with van der Waals surface area (Å²) in [5.41, 5.74) is 6.47. The van der Waals surface area contributed by atoms with Crippen LogP contribution in [-0.4, -0.2) is 30.4 Å². The minimum absolute atomic E-state index is 0.0759. The predicted octanol–water partition coefficient (Wildman–Crippen LogP) is 2.35. The normalized spacial score (nSPS) is 11.6. The van der Waals surface area contributed by atoms with E-state index in [9.17, 15) is 18.0 Å². The molecule has 32 heavy (non-hydrogen) atoms. The Labute approximate surface area is 186 Å². The smallest absolute Gasteiger partial charge is 0.262 e. The average molecular weight is 458 g/mol. The van der Waals surface area contributed by atoms with Crippen LogP contribution in [0.2, 0.25) is 0 Å². The first-order valence-electron chi connectivity index (χ1n) is 10.4. The Bertz CT molecular complexity index is 1270. The predicted molar refractivity (Wildman–Crippen MR) is 124 cm³/mol. The van der Waals surface area contributed by atoms with Gasteiger partial charge in [-0.3, -0.25) is 25.0 Å². The molecule has 1 aromatic heterocycles. The summed E-state index contributed by atoms with van der Waals surface area (Å²) in [7, 11) is -3.71. The van der Waals surface area contributed by atoms with Gasteiger partial charge < -0.3 is 0 Å². The molecule has 0 aliphatic rings. The molecule has 3 aromatic rings. The molecule has 0 aliphatic carbocycles. The summed E-state index contributed by atoms with van der Waals surface area (Å²) in [4.78, 5) is 29.3. The van der Waals surface area contributed by atoms with Crippen LogP contribution >= 0.6 is 0 Å². The van der Waals surface area contributed by atoms with Crippen LogP contribution in [0.5, 0.6) is 0 Å². The lowest BCUT2D eigenvalue weighted by molar-refractivity contribution is -0.120. The Hall–Kier alpha value is -3.24. The standard InChI is InChI=1S/C22H27N5O4S/c1-4-27-21(29)18-7-5-6-8-19(18)24-22(27)26-25-20(28)13-14-23-32(30,31)17-11-9-16(10-12-17)15(2)3/h5-12,15,23H,4,13-14H2,1-3H3,(H,24,26)(H,25,28). The van der Waals surface area contributed by atoms with Crippen molar-refractivity contribution in [3.05, 3.63) is 64.4 Å². The van der Waals surface area contributed by atoms with Crippen molar-refractivity contribution < 1.29 is 13.2 Å². The molecule has 1 amide bonds. The van der Waals surface area contributed by atoms with Crippen LogP contribution in [0.3, 0.4) is 0 Å². The van der Waals surface area contributed by atoms with Crippen molar-refractivity contribution in [1.82, 2.24) is 19.7 Å². The summed E-state index contributed by atoms with van der Waals surface area (Å²) < 4.78 is 28.7. The fourth-order valence-corrected chi connectivity index (χ4v) is 4.19. The second-order valence-electron chi connectivity index (χ2n) is 7.55. The van der Waals surface area contributed by atoms with E-state index in [1.165, 1.54) is 4.57 Å². The number of anilines is 1. The Morgan fingerprint density at radius 3 is 2.44 bits per heavy atom. The van der Waals surface area contributed by atoms with Crippen molar-refractivity contribution in [3.8, 4) is 0 Å². The zero-order valence-electron chi connectivity index (χ0n) is 18.3. The van der Waals surface area contributed by atoms with Crippen molar-refractivity contribution in [2.45, 2.75) is 44.6 Å². The maximum absolute atomic E-state index is 12.6. The third-order valence-electron chi connectivity index (χ3n) is 4.99. The third kappa shape index (κ3) is 5.32. The van der Waals surface area contributed by atoms with Gasteiger partial charge in [0, 0.05) is 19.5 Å². The van der Waals surface area contributed by atoms with Gasteiger partial charge in [0.25, 0.3) is 5.56 Å². The molecular formula is C22H27N5O4S. The number of carbonyl (C=O) groups excluding carboxylic acids is 1. The van der Waals surface area contributed by atoms with E-state index in [1.54, 1.807) is 55.5 Å². The van der Waals surface area contributed by atoms with Crippen LogP contribution in [0.15, 0.2) is 58.2 Å². The number of aromatic nitrogens is 2. The van der Waals surface area contributed by atoms with Gasteiger partial charge in [0.2, 0.25) is 21.9 Å². The SMILES string of the molecule is CCn1c(NNC(=O)CCNS(=O)(=O)c2ccc(C(C)C)cc2)nc2ccccc2c1=O. The van der Waals surface area contributed by atoms with Gasteiger partial charge in [0.15, 0.2) is 0 Å². The van der Waals surface area contributed by atoms with Crippen molar-refractivity contribution >= 4 is 32.8 Å². The van der Waals surface area contributed by atoms with E-state index in [4.69, 9.17) is 0 Å². The molecule has 0 aliphatic heterocycles. The number of hydrogen-bond donors (Lipinski definition) is 3. The topological polar surface area (TPSA) is 122 Å². The summed E-state index contributed by atoms with van der Waals surface area (Å²) in [6, 6.07) is 13.6. The number of amides is 1. The van der Waals surface area contributed by atoms with Crippen LogP contribution in [-0.2, 0) is 21.4 Å². The maximum atomic E-state index is 12.6. The zero-order chi connectivity index (χ0) is 23.3. The molecule has 0 bridgehead atoms. The second kappa shape index (κ2) is 9.92. The van der Waals surface area contributed by atoms with Crippen molar-refractivity contribution in [3.63, 3.8) is 0 Å². The van der Waals surface area contributed by atoms with Gasteiger partial charge >= 0.3 is 0 Å². The Kier molecular flexibility index (Phi) is 7.26. The summed E-state index contributed by atoms with van der Waals surface area (Å²) in [6.07, 6.45) is -0.0970. The number of nitrogens with zero attached hydrogens (tertiary/aromatic N) is 2. The molecule has 0 atom stereocenters. The first-order valence-corrected chi connectivity index (χ1v) is 11.8. The van der Waals surface area contributed by atoms with Crippen LogP contribution in [0, 0.1) is 0 Å². The lowest BCUT2D eigenvalue weighted by Crippen LogP contribution is -2.36. The molecule has 3 rings (SSSR count). The van der Waals surface area contributed by atoms with E-state index in [-0.39, 0.29) is 29.4 Å². The second-order valence-corrected chi connectivity index (χ2v) is 9.31. The van der Waals surface area contributed by atoms with Crippen LogP contribution in [0.1, 0.15) is 38.7 Å². The summed E-state index contributed by atoms with van der Waals surface area (Å²) in [5.74, 6) is 0.0559. The highest BCUT2D eigenvalue weighted by Gasteiger charge is 2.15. The first-order chi connectivity index (χ1) is 15.2. The van der Waals surface area contributed by atoms with Gasteiger partial charge in [-0.25, -0.2) is 18.1 Å².